The van der Waals surface area contributed by atoms with Crippen molar-refractivity contribution in [3.05, 3.63) is 52.7 Å². The quantitative estimate of drug-likeness (QED) is 0.789. The number of nitrogens with zero attached hydrogens (tertiary/aromatic N) is 2. The van der Waals surface area contributed by atoms with Gasteiger partial charge in [-0.1, -0.05) is 29.8 Å². The van der Waals surface area contributed by atoms with Crippen LogP contribution < -0.4 is 5.32 Å². The van der Waals surface area contributed by atoms with E-state index in [4.69, 9.17) is 0 Å². The van der Waals surface area contributed by atoms with Crippen LogP contribution in [-0.2, 0) is 6.42 Å². The fraction of sp³-hybridized carbons (Fsp3) is 0.200. The largest absolute Gasteiger partial charge is 0.372 e. The van der Waals surface area contributed by atoms with E-state index in [0.717, 1.165) is 28.3 Å². The average molecular weight is 269 g/mol. The summed E-state index contributed by atoms with van der Waals surface area (Å²) < 4.78 is 0. The van der Waals surface area contributed by atoms with E-state index >= 15 is 0 Å². The minimum atomic E-state index is 0.767. The summed E-state index contributed by atoms with van der Waals surface area (Å²) in [6.45, 7) is 2.09. The minimum Gasteiger partial charge on any atom is -0.372 e. The summed E-state index contributed by atoms with van der Waals surface area (Å²) in [6, 6.07) is 10.6. The number of aryl methyl sites for hydroxylation is 1. The number of fused-ring (bicyclic) bond motifs is 1. The SMILES string of the molecule is CNc1nc(Cc2ccc(C)cc2)nc2sccc12. The number of anilines is 1. The molecule has 3 rings (SSSR count). The van der Waals surface area contributed by atoms with Crippen molar-refractivity contribution in [2.45, 2.75) is 13.3 Å². The molecule has 1 N–H and O–H groups in total. The van der Waals surface area contributed by atoms with Crippen LogP contribution in [0, 0.1) is 6.92 Å². The van der Waals surface area contributed by atoms with Crippen LogP contribution in [0.4, 0.5) is 5.82 Å². The van der Waals surface area contributed by atoms with E-state index in [-0.39, 0.29) is 0 Å². The third kappa shape index (κ3) is 2.44. The molecule has 0 atom stereocenters. The number of hydrogen-bond donors (Lipinski definition) is 1. The molecule has 3 aromatic rings. The van der Waals surface area contributed by atoms with Crippen molar-refractivity contribution >= 4 is 27.4 Å². The molecule has 0 saturated carbocycles. The summed E-state index contributed by atoms with van der Waals surface area (Å²) in [7, 11) is 1.90. The lowest BCUT2D eigenvalue weighted by Gasteiger charge is -2.05. The zero-order chi connectivity index (χ0) is 13.2. The molecule has 0 unspecified atom stereocenters. The third-order valence-electron chi connectivity index (χ3n) is 3.09. The summed E-state index contributed by atoms with van der Waals surface area (Å²) >= 11 is 1.65. The molecule has 19 heavy (non-hydrogen) atoms. The molecule has 3 nitrogen and oxygen atoms in total. The van der Waals surface area contributed by atoms with E-state index in [1.54, 1.807) is 11.3 Å². The zero-order valence-corrected chi connectivity index (χ0v) is 11.8. The lowest BCUT2D eigenvalue weighted by atomic mass is 10.1. The summed E-state index contributed by atoms with van der Waals surface area (Å²) in [5.41, 5.74) is 2.51. The van der Waals surface area contributed by atoms with Crippen LogP contribution in [0.5, 0.6) is 0 Å². The first-order valence-electron chi connectivity index (χ1n) is 6.23. The number of hydrogen-bond acceptors (Lipinski definition) is 4. The lowest BCUT2D eigenvalue weighted by molar-refractivity contribution is 0.997. The second-order valence-electron chi connectivity index (χ2n) is 4.54. The highest BCUT2D eigenvalue weighted by Gasteiger charge is 2.08. The molecule has 0 bridgehead atoms. The highest BCUT2D eigenvalue weighted by molar-refractivity contribution is 7.16. The van der Waals surface area contributed by atoms with Gasteiger partial charge in [-0.05, 0) is 23.9 Å². The first kappa shape index (κ1) is 12.1. The average Bonchev–Trinajstić information content (AvgIpc) is 2.89. The molecule has 0 amide bonds. The number of rotatable bonds is 3. The van der Waals surface area contributed by atoms with Gasteiger partial charge in [0.2, 0.25) is 0 Å². The van der Waals surface area contributed by atoms with Crippen LogP contribution >= 0.6 is 11.3 Å². The predicted octanol–water partition coefficient (Wildman–Crippen LogP) is 3.63. The Hall–Kier alpha value is -1.94. The van der Waals surface area contributed by atoms with Crippen molar-refractivity contribution in [3.63, 3.8) is 0 Å². The molecule has 0 aliphatic heterocycles. The Labute approximate surface area is 116 Å². The van der Waals surface area contributed by atoms with Gasteiger partial charge in [-0.2, -0.15) is 0 Å². The van der Waals surface area contributed by atoms with E-state index in [2.05, 4.69) is 57.9 Å². The Kier molecular flexibility index (Phi) is 3.17. The fourth-order valence-electron chi connectivity index (χ4n) is 2.06. The van der Waals surface area contributed by atoms with Crippen molar-refractivity contribution < 1.29 is 0 Å². The van der Waals surface area contributed by atoms with Gasteiger partial charge < -0.3 is 5.32 Å². The number of benzene rings is 1. The minimum absolute atomic E-state index is 0.767. The maximum atomic E-state index is 4.63. The number of thiophene rings is 1. The molecule has 2 heterocycles. The van der Waals surface area contributed by atoms with Crippen molar-refractivity contribution in [2.24, 2.45) is 0 Å². The Balaban J connectivity index is 1.98. The predicted molar refractivity (Wildman–Crippen MR) is 80.9 cm³/mol. The first-order chi connectivity index (χ1) is 9.26. The van der Waals surface area contributed by atoms with Gasteiger partial charge in [-0.15, -0.1) is 11.3 Å². The van der Waals surface area contributed by atoms with Gasteiger partial charge >= 0.3 is 0 Å². The van der Waals surface area contributed by atoms with E-state index in [1.165, 1.54) is 11.1 Å². The van der Waals surface area contributed by atoms with Gasteiger partial charge in [0.1, 0.15) is 16.5 Å². The van der Waals surface area contributed by atoms with Crippen LogP contribution in [0.2, 0.25) is 0 Å². The van der Waals surface area contributed by atoms with Crippen molar-refractivity contribution in [1.29, 1.82) is 0 Å². The Morgan fingerprint density at radius 1 is 1.11 bits per heavy atom. The molecule has 1 aromatic carbocycles. The molecule has 0 spiro atoms. The maximum absolute atomic E-state index is 4.63. The van der Waals surface area contributed by atoms with E-state index < -0.39 is 0 Å². The zero-order valence-electron chi connectivity index (χ0n) is 11.0. The van der Waals surface area contributed by atoms with Crippen LogP contribution in [0.3, 0.4) is 0 Å². The van der Waals surface area contributed by atoms with E-state index in [9.17, 15) is 0 Å². The summed E-state index contributed by atoms with van der Waals surface area (Å²) in [6.07, 6.45) is 0.767. The highest BCUT2D eigenvalue weighted by Crippen LogP contribution is 2.25. The summed E-state index contributed by atoms with van der Waals surface area (Å²) in [4.78, 5) is 10.3. The van der Waals surface area contributed by atoms with Gasteiger partial charge in [0.15, 0.2) is 0 Å². The molecular formula is C15H15N3S. The second kappa shape index (κ2) is 4.97. The van der Waals surface area contributed by atoms with Crippen molar-refractivity contribution in [2.75, 3.05) is 12.4 Å². The molecule has 0 radical (unpaired) electrons. The second-order valence-corrected chi connectivity index (χ2v) is 5.43. The lowest BCUT2D eigenvalue weighted by Crippen LogP contribution is -2.01. The van der Waals surface area contributed by atoms with Crippen LogP contribution in [0.25, 0.3) is 10.2 Å². The van der Waals surface area contributed by atoms with Gasteiger partial charge in [-0.3, -0.25) is 0 Å². The van der Waals surface area contributed by atoms with Crippen molar-refractivity contribution in [3.8, 4) is 0 Å². The van der Waals surface area contributed by atoms with Crippen LogP contribution in [0.1, 0.15) is 17.0 Å². The normalized spacial score (nSPS) is 10.8. The van der Waals surface area contributed by atoms with Gasteiger partial charge in [0, 0.05) is 13.5 Å². The molecule has 0 saturated heterocycles. The fourth-order valence-corrected chi connectivity index (χ4v) is 2.84. The van der Waals surface area contributed by atoms with Crippen molar-refractivity contribution in [1.82, 2.24) is 9.97 Å². The number of nitrogens with one attached hydrogen (secondary N) is 1. The topological polar surface area (TPSA) is 37.8 Å². The Morgan fingerprint density at radius 2 is 1.89 bits per heavy atom. The van der Waals surface area contributed by atoms with Crippen LogP contribution in [0.15, 0.2) is 35.7 Å². The Morgan fingerprint density at radius 3 is 2.63 bits per heavy atom. The molecule has 0 aliphatic carbocycles. The van der Waals surface area contributed by atoms with Crippen LogP contribution in [-0.4, -0.2) is 17.0 Å². The summed E-state index contributed by atoms with van der Waals surface area (Å²) in [5, 5.41) is 6.30. The van der Waals surface area contributed by atoms with Gasteiger partial charge in [0.05, 0.1) is 5.39 Å². The first-order valence-corrected chi connectivity index (χ1v) is 7.11. The summed E-state index contributed by atoms with van der Waals surface area (Å²) in [5.74, 6) is 1.77. The smallest absolute Gasteiger partial charge is 0.138 e. The van der Waals surface area contributed by atoms with Gasteiger partial charge in [-0.25, -0.2) is 9.97 Å². The highest BCUT2D eigenvalue weighted by atomic mass is 32.1. The standard InChI is InChI=1S/C15H15N3S/c1-10-3-5-11(6-4-10)9-13-17-14(16-2)12-7-8-19-15(12)18-13/h3-8H,9H2,1-2H3,(H,16,17,18). The maximum Gasteiger partial charge on any atom is 0.138 e. The van der Waals surface area contributed by atoms with Gasteiger partial charge in [0.25, 0.3) is 0 Å². The number of aromatic nitrogens is 2. The molecule has 0 fully saturated rings. The molecule has 4 heteroatoms. The van der Waals surface area contributed by atoms with E-state index in [1.807, 2.05) is 7.05 Å². The molecule has 2 aromatic heterocycles. The third-order valence-corrected chi connectivity index (χ3v) is 3.90. The Bertz CT molecular complexity index is 701. The molecule has 96 valence electrons. The molecule has 0 aliphatic rings. The monoisotopic (exact) mass is 269 g/mol. The van der Waals surface area contributed by atoms with E-state index in [0.29, 0.717) is 0 Å². The molecular weight excluding hydrogens is 254 g/mol.